The van der Waals surface area contributed by atoms with Crippen LogP contribution >= 0.6 is 23.4 Å². The van der Waals surface area contributed by atoms with Crippen molar-refractivity contribution >= 4 is 40.1 Å². The number of hydrogen-bond acceptors (Lipinski definition) is 7. The number of rotatable bonds is 8. The number of amidine groups is 1. The molecule has 0 aliphatic carbocycles. The summed E-state index contributed by atoms with van der Waals surface area (Å²) in [5, 5.41) is 7.66. The van der Waals surface area contributed by atoms with E-state index in [0.717, 1.165) is 11.1 Å². The monoisotopic (exact) mass is 537 g/mol. The van der Waals surface area contributed by atoms with E-state index in [0.29, 0.717) is 50.1 Å². The second-order valence-corrected chi connectivity index (χ2v) is 9.53. The van der Waals surface area contributed by atoms with Gasteiger partial charge in [-0.2, -0.15) is 0 Å². The number of methoxy groups -OCH3 is 3. The molecule has 37 heavy (non-hydrogen) atoms. The number of benzene rings is 3. The number of ether oxygens (including phenoxy) is 3. The number of amides is 1. The first-order valence-corrected chi connectivity index (χ1v) is 12.9. The molecular weight excluding hydrogens is 510 g/mol. The zero-order valence-corrected chi connectivity index (χ0v) is 22.6. The molecule has 0 aromatic heterocycles. The average molecular weight is 538 g/mol. The van der Waals surface area contributed by atoms with E-state index < -0.39 is 6.04 Å². The smallest absolute Gasteiger partial charge is 0.255 e. The van der Waals surface area contributed by atoms with E-state index >= 15 is 0 Å². The molecule has 1 atom stereocenters. The minimum Gasteiger partial charge on any atom is -0.493 e. The molecule has 0 saturated carbocycles. The number of para-hydroxylation sites is 1. The summed E-state index contributed by atoms with van der Waals surface area (Å²) in [4.78, 5) is 18.5. The van der Waals surface area contributed by atoms with Crippen LogP contribution in [0.25, 0.3) is 0 Å². The van der Waals surface area contributed by atoms with E-state index in [4.69, 9.17) is 30.8 Å². The molecule has 0 fully saturated rings. The van der Waals surface area contributed by atoms with Gasteiger partial charge < -0.3 is 24.8 Å². The lowest BCUT2D eigenvalue weighted by molar-refractivity contribution is -0.113. The van der Waals surface area contributed by atoms with Crippen LogP contribution in [0.5, 0.6) is 17.2 Å². The highest BCUT2D eigenvalue weighted by atomic mass is 35.5. The molecule has 0 bridgehead atoms. The number of halogens is 1. The normalized spacial score (nSPS) is 14.9. The van der Waals surface area contributed by atoms with Crippen molar-refractivity contribution in [1.82, 2.24) is 5.32 Å². The van der Waals surface area contributed by atoms with Gasteiger partial charge in [0.15, 0.2) is 16.7 Å². The van der Waals surface area contributed by atoms with E-state index in [1.54, 1.807) is 21.3 Å². The maximum atomic E-state index is 13.5. The molecule has 7 nitrogen and oxygen atoms in total. The Hall–Kier alpha value is -3.62. The van der Waals surface area contributed by atoms with Gasteiger partial charge in [-0.1, -0.05) is 59.8 Å². The minimum absolute atomic E-state index is 0.256. The number of nitrogens with one attached hydrogen (secondary N) is 2. The van der Waals surface area contributed by atoms with Gasteiger partial charge in [0, 0.05) is 22.2 Å². The van der Waals surface area contributed by atoms with Crippen molar-refractivity contribution in [1.29, 1.82) is 0 Å². The van der Waals surface area contributed by atoms with Gasteiger partial charge in [0.25, 0.3) is 5.91 Å². The Labute approximate surface area is 225 Å². The standard InChI is InChI=1S/C28H28ClN3O4S/c1-17-24(27(33)31-20-11-6-5-7-12-20)25(19-14-22(34-2)26(36-4)23(15-19)35-3)32-28(30-17)37-16-18-10-8-9-13-21(18)29/h5-15,25H,16H2,1-4H3,(H,30,32)(H,31,33)/t25-/m1/s1. The van der Waals surface area contributed by atoms with Gasteiger partial charge in [-0.15, -0.1) is 0 Å². The Morgan fingerprint density at radius 2 is 1.65 bits per heavy atom. The van der Waals surface area contributed by atoms with Crippen molar-refractivity contribution in [2.45, 2.75) is 18.7 Å². The first-order chi connectivity index (χ1) is 17.9. The quantitative estimate of drug-likeness (QED) is 0.355. The van der Waals surface area contributed by atoms with E-state index in [1.807, 2.05) is 73.7 Å². The molecule has 3 aromatic carbocycles. The van der Waals surface area contributed by atoms with E-state index in [1.165, 1.54) is 11.8 Å². The molecule has 2 N–H and O–H groups in total. The van der Waals surface area contributed by atoms with E-state index in [-0.39, 0.29) is 5.91 Å². The highest BCUT2D eigenvalue weighted by Gasteiger charge is 2.31. The molecule has 1 aliphatic rings. The zero-order chi connectivity index (χ0) is 26.4. The summed E-state index contributed by atoms with van der Waals surface area (Å²) in [6, 6.07) is 20.0. The van der Waals surface area contributed by atoms with Crippen LogP contribution in [-0.4, -0.2) is 32.4 Å². The molecule has 4 rings (SSSR count). The highest BCUT2D eigenvalue weighted by molar-refractivity contribution is 8.13. The van der Waals surface area contributed by atoms with Gasteiger partial charge in [0.05, 0.1) is 26.9 Å². The number of nitrogens with zero attached hydrogens (tertiary/aromatic N) is 1. The first kappa shape index (κ1) is 26.4. The summed E-state index contributed by atoms with van der Waals surface area (Å²) in [5.41, 5.74) is 3.60. The van der Waals surface area contributed by atoms with Crippen molar-refractivity contribution in [3.63, 3.8) is 0 Å². The second kappa shape index (κ2) is 12.1. The summed E-state index contributed by atoms with van der Waals surface area (Å²) in [6.45, 7) is 1.87. The highest BCUT2D eigenvalue weighted by Crippen LogP contribution is 2.43. The molecule has 3 aromatic rings. The lowest BCUT2D eigenvalue weighted by atomic mass is 9.95. The lowest BCUT2D eigenvalue weighted by Crippen LogP contribution is -2.32. The topological polar surface area (TPSA) is 81.2 Å². The Bertz CT molecular complexity index is 1320. The maximum absolute atomic E-state index is 13.5. The van der Waals surface area contributed by atoms with Crippen molar-refractivity contribution in [2.75, 3.05) is 26.6 Å². The fourth-order valence-corrected chi connectivity index (χ4v) is 5.23. The molecule has 1 heterocycles. The Kier molecular flexibility index (Phi) is 8.63. The van der Waals surface area contributed by atoms with Crippen LogP contribution in [0.2, 0.25) is 5.02 Å². The SMILES string of the molecule is COc1cc([C@H]2N=C(SCc3ccccc3Cl)NC(C)=C2C(=O)Nc2ccccc2)cc(OC)c1OC. The van der Waals surface area contributed by atoms with E-state index in [9.17, 15) is 4.79 Å². The number of aliphatic imine (C=N–C) groups is 1. The second-order valence-electron chi connectivity index (χ2n) is 8.16. The largest absolute Gasteiger partial charge is 0.493 e. The molecular formula is C28H28ClN3O4S. The fraction of sp³-hybridized carbons (Fsp3) is 0.214. The van der Waals surface area contributed by atoms with E-state index in [2.05, 4.69) is 10.6 Å². The molecule has 192 valence electrons. The summed E-state index contributed by atoms with van der Waals surface area (Å²) in [6.07, 6.45) is 0. The summed E-state index contributed by atoms with van der Waals surface area (Å²) in [7, 11) is 4.67. The number of carbonyl (C=O) groups is 1. The number of thioether (sulfide) groups is 1. The predicted octanol–water partition coefficient (Wildman–Crippen LogP) is 6.21. The molecule has 0 spiro atoms. The molecule has 1 amide bonds. The lowest BCUT2D eigenvalue weighted by Gasteiger charge is -2.27. The average Bonchev–Trinajstić information content (AvgIpc) is 2.91. The van der Waals surface area contributed by atoms with Crippen LogP contribution in [0, 0.1) is 0 Å². The van der Waals surface area contributed by atoms with Gasteiger partial charge in [0.1, 0.15) is 6.04 Å². The van der Waals surface area contributed by atoms with Crippen LogP contribution in [0.15, 0.2) is 83.0 Å². The molecule has 1 aliphatic heterocycles. The summed E-state index contributed by atoms with van der Waals surface area (Å²) >= 11 is 7.87. The van der Waals surface area contributed by atoms with Crippen molar-refractivity contribution < 1.29 is 19.0 Å². The third kappa shape index (κ3) is 6.03. The first-order valence-electron chi connectivity index (χ1n) is 11.5. The van der Waals surface area contributed by atoms with Gasteiger partial charge in [-0.05, 0) is 48.4 Å². The number of allylic oxidation sites excluding steroid dienone is 1. The molecule has 0 saturated heterocycles. The minimum atomic E-state index is -0.618. The maximum Gasteiger partial charge on any atom is 0.255 e. The van der Waals surface area contributed by atoms with Crippen LogP contribution in [0.1, 0.15) is 24.1 Å². The van der Waals surface area contributed by atoms with Crippen LogP contribution < -0.4 is 24.8 Å². The number of hydrogen-bond donors (Lipinski definition) is 2. The number of anilines is 1. The van der Waals surface area contributed by atoms with Gasteiger partial charge in [0.2, 0.25) is 5.75 Å². The van der Waals surface area contributed by atoms with Crippen LogP contribution in [0.3, 0.4) is 0 Å². The fourth-order valence-electron chi connectivity index (χ4n) is 4.00. The van der Waals surface area contributed by atoms with Crippen molar-refractivity contribution in [3.05, 3.63) is 94.1 Å². The van der Waals surface area contributed by atoms with Gasteiger partial charge in [-0.25, -0.2) is 4.99 Å². The van der Waals surface area contributed by atoms with Gasteiger partial charge >= 0.3 is 0 Å². The zero-order valence-electron chi connectivity index (χ0n) is 21.0. The predicted molar refractivity (Wildman–Crippen MR) is 150 cm³/mol. The van der Waals surface area contributed by atoms with Crippen molar-refractivity contribution in [2.24, 2.45) is 4.99 Å². The Morgan fingerprint density at radius 1 is 1.00 bits per heavy atom. The summed E-state index contributed by atoms with van der Waals surface area (Å²) < 4.78 is 16.6. The third-order valence-electron chi connectivity index (χ3n) is 5.82. The van der Waals surface area contributed by atoms with Crippen LogP contribution in [-0.2, 0) is 10.5 Å². The van der Waals surface area contributed by atoms with Crippen LogP contribution in [0.4, 0.5) is 5.69 Å². The number of carbonyl (C=O) groups excluding carboxylic acids is 1. The molecule has 0 unspecified atom stereocenters. The Balaban J connectivity index is 1.73. The Morgan fingerprint density at radius 3 is 2.27 bits per heavy atom. The third-order valence-corrected chi connectivity index (χ3v) is 7.12. The van der Waals surface area contributed by atoms with Crippen molar-refractivity contribution in [3.8, 4) is 17.2 Å². The summed E-state index contributed by atoms with van der Waals surface area (Å²) in [5.74, 6) is 1.80. The molecule has 9 heteroatoms. The van der Waals surface area contributed by atoms with Gasteiger partial charge in [-0.3, -0.25) is 4.79 Å². The molecule has 0 radical (unpaired) electrons.